The minimum absolute atomic E-state index is 0.0949. The molecule has 3 aromatic carbocycles. The van der Waals surface area contributed by atoms with Crippen molar-refractivity contribution < 1.29 is 32.2 Å². The van der Waals surface area contributed by atoms with E-state index in [1.165, 1.54) is 36.2 Å². The number of nitrogens with zero attached hydrogens (tertiary/aromatic N) is 4. The summed E-state index contributed by atoms with van der Waals surface area (Å²) in [5, 5.41) is 15.2. The van der Waals surface area contributed by atoms with Crippen LogP contribution in [0.3, 0.4) is 0 Å². The smallest absolute Gasteiger partial charge is 0.416 e. The zero-order valence-electron chi connectivity index (χ0n) is 21.0. The van der Waals surface area contributed by atoms with Crippen molar-refractivity contribution in [3.63, 3.8) is 0 Å². The molecule has 9 nitrogen and oxygen atoms in total. The number of benzene rings is 3. The molecule has 6 aromatic rings. The van der Waals surface area contributed by atoms with Crippen LogP contribution in [0.4, 0.5) is 13.2 Å². The normalized spacial score (nSPS) is 14.5. The first-order valence-electron chi connectivity index (χ1n) is 12.3. The lowest BCUT2D eigenvalue weighted by molar-refractivity contribution is -0.137. The van der Waals surface area contributed by atoms with Crippen LogP contribution in [0.1, 0.15) is 28.2 Å². The minimum atomic E-state index is -4.54. The summed E-state index contributed by atoms with van der Waals surface area (Å²) in [6.45, 7) is 0. The molecular weight excluding hydrogens is 541 g/mol. The fraction of sp³-hybridized carbons (Fsp3) is 0.103. The number of halogens is 3. The van der Waals surface area contributed by atoms with Gasteiger partial charge in [0.15, 0.2) is 28.7 Å². The van der Waals surface area contributed by atoms with Crippen LogP contribution in [-0.4, -0.2) is 31.8 Å². The number of fused-ring (bicyclic) bond motifs is 6. The fourth-order valence-corrected chi connectivity index (χ4v) is 5.08. The molecule has 0 saturated carbocycles. The molecule has 0 spiro atoms. The van der Waals surface area contributed by atoms with Gasteiger partial charge in [-0.25, -0.2) is 19.3 Å². The molecule has 0 aliphatic carbocycles. The highest BCUT2D eigenvalue weighted by Gasteiger charge is 2.38. The molecule has 0 radical (unpaired) electrons. The largest absolute Gasteiger partial charge is 0.504 e. The molecule has 0 bridgehead atoms. The molecule has 1 unspecified atom stereocenters. The Labute approximate surface area is 228 Å². The van der Waals surface area contributed by atoms with Gasteiger partial charge in [-0.2, -0.15) is 13.2 Å². The number of ether oxygens (including phenoxy) is 2. The van der Waals surface area contributed by atoms with Crippen LogP contribution in [0.2, 0.25) is 0 Å². The number of aromatic nitrogens is 4. The zero-order valence-corrected chi connectivity index (χ0v) is 21.0. The van der Waals surface area contributed by atoms with Gasteiger partial charge in [-0.3, -0.25) is 0 Å². The second kappa shape index (κ2) is 8.81. The number of para-hydroxylation sites is 1. The summed E-state index contributed by atoms with van der Waals surface area (Å²) in [7, 11) is 1.43. The van der Waals surface area contributed by atoms with Crippen molar-refractivity contribution in [1.29, 1.82) is 0 Å². The minimum Gasteiger partial charge on any atom is -0.504 e. The Morgan fingerprint density at radius 1 is 1.02 bits per heavy atom. The van der Waals surface area contributed by atoms with Gasteiger partial charge in [0, 0.05) is 5.56 Å². The number of hydrogen-bond acceptors (Lipinski definition) is 8. The first-order chi connectivity index (χ1) is 19.7. The SMILES string of the molecule is COc1ccc(-c2nc3c4c(ncn3n2)Oc2c(c(=O)oc3ccccc23)C4c2ccc(C(F)(F)F)cc2)cc1O. The maximum Gasteiger partial charge on any atom is 0.416 e. The Bertz CT molecular complexity index is 2050. The molecule has 204 valence electrons. The van der Waals surface area contributed by atoms with E-state index in [9.17, 15) is 23.1 Å². The first-order valence-corrected chi connectivity index (χ1v) is 12.3. The van der Waals surface area contributed by atoms with Gasteiger partial charge in [0.2, 0.25) is 5.88 Å². The van der Waals surface area contributed by atoms with E-state index in [2.05, 4.69) is 15.1 Å². The molecule has 1 N–H and O–H groups in total. The average Bonchev–Trinajstić information content (AvgIpc) is 3.40. The van der Waals surface area contributed by atoms with Crippen molar-refractivity contribution in [2.24, 2.45) is 0 Å². The molecule has 4 heterocycles. The Kier molecular flexibility index (Phi) is 5.29. The molecule has 0 fully saturated rings. The maximum absolute atomic E-state index is 13.4. The molecule has 1 aliphatic rings. The van der Waals surface area contributed by atoms with E-state index in [4.69, 9.17) is 13.9 Å². The molecule has 1 atom stereocenters. The van der Waals surface area contributed by atoms with Gasteiger partial charge < -0.3 is 19.0 Å². The van der Waals surface area contributed by atoms with Crippen molar-refractivity contribution in [2.45, 2.75) is 12.1 Å². The second-order valence-corrected chi connectivity index (χ2v) is 9.34. The van der Waals surface area contributed by atoms with Crippen molar-refractivity contribution in [1.82, 2.24) is 19.6 Å². The third kappa shape index (κ3) is 3.86. The summed E-state index contributed by atoms with van der Waals surface area (Å²) in [5.74, 6) is -0.264. The molecule has 1 aliphatic heterocycles. The highest BCUT2D eigenvalue weighted by Crippen LogP contribution is 2.49. The molecular formula is C29H17F3N4O5. The van der Waals surface area contributed by atoms with E-state index in [1.54, 1.807) is 36.4 Å². The van der Waals surface area contributed by atoms with Crippen LogP contribution in [-0.2, 0) is 6.18 Å². The van der Waals surface area contributed by atoms with Crippen LogP contribution >= 0.6 is 0 Å². The first kappa shape index (κ1) is 24.6. The topological polar surface area (TPSA) is 112 Å². The number of methoxy groups -OCH3 is 1. The van der Waals surface area contributed by atoms with Gasteiger partial charge >= 0.3 is 11.8 Å². The summed E-state index contributed by atoms with van der Waals surface area (Å²) in [5.41, 5.74) is 0.244. The summed E-state index contributed by atoms with van der Waals surface area (Å²) in [4.78, 5) is 22.5. The molecule has 41 heavy (non-hydrogen) atoms. The summed E-state index contributed by atoms with van der Waals surface area (Å²) in [6, 6.07) is 16.0. The van der Waals surface area contributed by atoms with Gasteiger partial charge in [-0.05, 0) is 48.0 Å². The zero-order chi connectivity index (χ0) is 28.5. The Hall–Kier alpha value is -5.39. The van der Waals surface area contributed by atoms with Crippen LogP contribution in [0.15, 0.2) is 82.3 Å². The highest BCUT2D eigenvalue weighted by molar-refractivity contribution is 5.87. The highest BCUT2D eigenvalue weighted by atomic mass is 19.4. The van der Waals surface area contributed by atoms with E-state index in [0.717, 1.165) is 12.1 Å². The molecule has 7 rings (SSSR count). The number of hydrogen-bond donors (Lipinski definition) is 1. The number of phenols is 1. The molecule has 0 amide bonds. The average molecular weight is 558 g/mol. The maximum atomic E-state index is 13.4. The van der Waals surface area contributed by atoms with E-state index in [1.807, 2.05) is 0 Å². The van der Waals surface area contributed by atoms with Gasteiger partial charge in [0.1, 0.15) is 11.9 Å². The number of alkyl halides is 3. The number of phenolic OH excluding ortho intramolecular Hbond substituents is 1. The lowest BCUT2D eigenvalue weighted by Crippen LogP contribution is -2.22. The summed E-state index contributed by atoms with van der Waals surface area (Å²) < 4.78 is 58.4. The van der Waals surface area contributed by atoms with Crippen molar-refractivity contribution in [3.05, 3.63) is 106 Å². The Morgan fingerprint density at radius 3 is 2.54 bits per heavy atom. The summed E-state index contributed by atoms with van der Waals surface area (Å²) >= 11 is 0. The van der Waals surface area contributed by atoms with Gasteiger partial charge in [0.25, 0.3) is 0 Å². The molecule has 12 heteroatoms. The predicted octanol–water partition coefficient (Wildman–Crippen LogP) is 5.92. The Balaban J connectivity index is 1.49. The van der Waals surface area contributed by atoms with Gasteiger partial charge in [-0.15, -0.1) is 5.10 Å². The van der Waals surface area contributed by atoms with Crippen LogP contribution < -0.4 is 15.1 Å². The number of rotatable bonds is 3. The Morgan fingerprint density at radius 2 is 1.80 bits per heavy atom. The lowest BCUT2D eigenvalue weighted by Gasteiger charge is -2.27. The van der Waals surface area contributed by atoms with Crippen molar-refractivity contribution in [3.8, 4) is 34.5 Å². The fourth-order valence-electron chi connectivity index (χ4n) is 5.08. The lowest BCUT2D eigenvalue weighted by atomic mass is 9.84. The number of aromatic hydroxyl groups is 1. The van der Waals surface area contributed by atoms with Crippen LogP contribution in [0, 0.1) is 0 Å². The second-order valence-electron chi connectivity index (χ2n) is 9.34. The van der Waals surface area contributed by atoms with Crippen LogP contribution in [0.25, 0.3) is 28.0 Å². The van der Waals surface area contributed by atoms with E-state index < -0.39 is 23.3 Å². The predicted molar refractivity (Wildman–Crippen MR) is 139 cm³/mol. The van der Waals surface area contributed by atoms with Gasteiger partial charge in [-0.1, -0.05) is 24.3 Å². The van der Waals surface area contributed by atoms with E-state index in [0.29, 0.717) is 22.1 Å². The van der Waals surface area contributed by atoms with Crippen molar-refractivity contribution in [2.75, 3.05) is 7.11 Å². The van der Waals surface area contributed by atoms with E-state index in [-0.39, 0.29) is 45.7 Å². The van der Waals surface area contributed by atoms with E-state index >= 15 is 0 Å². The van der Waals surface area contributed by atoms with Crippen LogP contribution in [0.5, 0.6) is 23.1 Å². The third-order valence-corrected chi connectivity index (χ3v) is 6.97. The van der Waals surface area contributed by atoms with Crippen molar-refractivity contribution >= 4 is 16.6 Å². The third-order valence-electron chi connectivity index (χ3n) is 6.97. The monoisotopic (exact) mass is 558 g/mol. The molecule has 3 aromatic heterocycles. The molecule has 0 saturated heterocycles. The standard InChI is InChI=1S/C29H17F3N4O5/c1-39-20-11-8-15(12-18(20)37)25-34-26-23-21(14-6-9-16(10-7-14)29(30,31)32)22-24(41-27(23)33-13-36(26)35-25)17-4-2-3-5-19(17)40-28(22)38/h2-13,21,37H,1H3. The van der Waals surface area contributed by atoms with Gasteiger partial charge in [0.05, 0.1) is 35.1 Å². The summed E-state index contributed by atoms with van der Waals surface area (Å²) in [6.07, 6.45) is -3.16. The quantitative estimate of drug-likeness (QED) is 0.266.